The van der Waals surface area contributed by atoms with Crippen LogP contribution in [0.25, 0.3) is 10.9 Å². The monoisotopic (exact) mass is 282 g/mol. The SMILES string of the molecule is CCCCN(CC(N)=O)c1cc(C#N)c2ccccc2n1. The first-order chi connectivity index (χ1) is 10.2. The second-order valence-electron chi connectivity index (χ2n) is 4.90. The normalized spacial score (nSPS) is 10.3. The molecule has 0 spiro atoms. The van der Waals surface area contributed by atoms with Crippen molar-refractivity contribution in [3.63, 3.8) is 0 Å². The van der Waals surface area contributed by atoms with Gasteiger partial charge in [0.2, 0.25) is 5.91 Å². The van der Waals surface area contributed by atoms with Crippen LogP contribution < -0.4 is 10.6 Å². The Kier molecular flexibility index (Phi) is 4.72. The van der Waals surface area contributed by atoms with Gasteiger partial charge in [0.15, 0.2) is 0 Å². The summed E-state index contributed by atoms with van der Waals surface area (Å²) < 4.78 is 0. The van der Waals surface area contributed by atoms with Crippen LogP contribution in [-0.4, -0.2) is 24.0 Å². The molecule has 1 aromatic heterocycles. The van der Waals surface area contributed by atoms with E-state index in [0.717, 1.165) is 23.7 Å². The number of benzene rings is 1. The van der Waals surface area contributed by atoms with Crippen molar-refractivity contribution in [1.82, 2.24) is 4.98 Å². The van der Waals surface area contributed by atoms with Gasteiger partial charge in [-0.25, -0.2) is 4.98 Å². The third kappa shape index (κ3) is 3.48. The fourth-order valence-electron chi connectivity index (χ4n) is 2.23. The summed E-state index contributed by atoms with van der Waals surface area (Å²) in [5.41, 5.74) is 6.62. The van der Waals surface area contributed by atoms with Crippen LogP contribution in [0.5, 0.6) is 0 Å². The molecule has 0 aliphatic carbocycles. The number of amides is 1. The van der Waals surface area contributed by atoms with E-state index in [1.165, 1.54) is 0 Å². The van der Waals surface area contributed by atoms with Crippen LogP contribution in [0, 0.1) is 11.3 Å². The molecular formula is C16H18N4O. The minimum atomic E-state index is -0.403. The highest BCUT2D eigenvalue weighted by atomic mass is 16.1. The van der Waals surface area contributed by atoms with Gasteiger partial charge in [-0.3, -0.25) is 4.79 Å². The number of nitriles is 1. The number of para-hydroxylation sites is 1. The van der Waals surface area contributed by atoms with Gasteiger partial charge in [-0.1, -0.05) is 31.5 Å². The van der Waals surface area contributed by atoms with Crippen molar-refractivity contribution < 1.29 is 4.79 Å². The molecule has 0 aliphatic heterocycles. The topological polar surface area (TPSA) is 83.0 Å². The molecule has 1 amide bonds. The van der Waals surface area contributed by atoms with E-state index >= 15 is 0 Å². The molecule has 5 nitrogen and oxygen atoms in total. The molecule has 108 valence electrons. The van der Waals surface area contributed by atoms with Crippen LogP contribution >= 0.6 is 0 Å². The second kappa shape index (κ2) is 6.71. The van der Waals surface area contributed by atoms with Crippen LogP contribution in [0.2, 0.25) is 0 Å². The van der Waals surface area contributed by atoms with Crippen molar-refractivity contribution in [2.24, 2.45) is 5.73 Å². The maximum atomic E-state index is 11.3. The molecule has 5 heteroatoms. The van der Waals surface area contributed by atoms with E-state index in [1.807, 2.05) is 29.2 Å². The maximum absolute atomic E-state index is 11.3. The van der Waals surface area contributed by atoms with Crippen LogP contribution in [0.3, 0.4) is 0 Å². The first-order valence-corrected chi connectivity index (χ1v) is 6.99. The van der Waals surface area contributed by atoms with Gasteiger partial charge in [-0.15, -0.1) is 0 Å². The van der Waals surface area contributed by atoms with E-state index in [2.05, 4.69) is 18.0 Å². The summed E-state index contributed by atoms with van der Waals surface area (Å²) in [6.07, 6.45) is 1.94. The number of unbranched alkanes of at least 4 members (excludes halogenated alkanes) is 1. The van der Waals surface area contributed by atoms with Gasteiger partial charge in [0.05, 0.1) is 23.7 Å². The summed E-state index contributed by atoms with van der Waals surface area (Å²) >= 11 is 0. The Labute approximate surface area is 124 Å². The van der Waals surface area contributed by atoms with Crippen molar-refractivity contribution in [2.75, 3.05) is 18.0 Å². The van der Waals surface area contributed by atoms with Gasteiger partial charge < -0.3 is 10.6 Å². The Morgan fingerprint density at radius 2 is 2.19 bits per heavy atom. The molecular weight excluding hydrogens is 264 g/mol. The quantitative estimate of drug-likeness (QED) is 0.880. The average molecular weight is 282 g/mol. The second-order valence-corrected chi connectivity index (χ2v) is 4.90. The van der Waals surface area contributed by atoms with Crippen molar-refractivity contribution in [3.8, 4) is 6.07 Å². The van der Waals surface area contributed by atoms with Crippen LogP contribution in [0.1, 0.15) is 25.3 Å². The lowest BCUT2D eigenvalue weighted by molar-refractivity contribution is -0.116. The lowest BCUT2D eigenvalue weighted by Crippen LogP contribution is -2.35. The Morgan fingerprint density at radius 3 is 2.86 bits per heavy atom. The minimum absolute atomic E-state index is 0.107. The Balaban J connectivity index is 2.46. The number of pyridine rings is 1. The van der Waals surface area contributed by atoms with E-state index in [9.17, 15) is 10.1 Å². The van der Waals surface area contributed by atoms with Gasteiger partial charge >= 0.3 is 0 Å². The summed E-state index contributed by atoms with van der Waals surface area (Å²) in [4.78, 5) is 17.6. The predicted octanol–water partition coefficient (Wildman–Crippen LogP) is 2.20. The number of carbonyl (C=O) groups is 1. The van der Waals surface area contributed by atoms with E-state index in [0.29, 0.717) is 17.9 Å². The molecule has 0 aliphatic rings. The minimum Gasteiger partial charge on any atom is -0.368 e. The van der Waals surface area contributed by atoms with Crippen LogP contribution in [-0.2, 0) is 4.79 Å². The van der Waals surface area contributed by atoms with Crippen molar-refractivity contribution in [2.45, 2.75) is 19.8 Å². The molecule has 2 N–H and O–H groups in total. The highest BCUT2D eigenvalue weighted by molar-refractivity contribution is 5.87. The van der Waals surface area contributed by atoms with Gasteiger partial charge in [0.1, 0.15) is 5.82 Å². The standard InChI is InChI=1S/C16H18N4O/c1-2-3-8-20(11-15(18)21)16-9-12(10-17)13-6-4-5-7-14(13)19-16/h4-7,9H,2-3,8,11H2,1H3,(H2,18,21). The molecule has 0 saturated heterocycles. The Bertz CT molecular complexity index is 690. The van der Waals surface area contributed by atoms with Gasteiger partial charge in [0.25, 0.3) is 0 Å². The smallest absolute Gasteiger partial charge is 0.236 e. The van der Waals surface area contributed by atoms with Crippen molar-refractivity contribution >= 4 is 22.6 Å². The van der Waals surface area contributed by atoms with Crippen LogP contribution in [0.4, 0.5) is 5.82 Å². The van der Waals surface area contributed by atoms with E-state index in [4.69, 9.17) is 5.73 Å². The summed E-state index contributed by atoms with van der Waals surface area (Å²) in [5, 5.41) is 10.1. The Hall–Kier alpha value is -2.61. The lowest BCUT2D eigenvalue weighted by Gasteiger charge is -2.22. The summed E-state index contributed by atoms with van der Waals surface area (Å²) in [6, 6.07) is 11.4. The van der Waals surface area contributed by atoms with Gasteiger partial charge in [-0.2, -0.15) is 5.26 Å². The number of hydrogen-bond acceptors (Lipinski definition) is 4. The average Bonchev–Trinajstić information content (AvgIpc) is 2.49. The highest BCUT2D eigenvalue weighted by Gasteiger charge is 2.13. The van der Waals surface area contributed by atoms with E-state index < -0.39 is 5.91 Å². The number of carbonyl (C=O) groups excluding carboxylic acids is 1. The van der Waals surface area contributed by atoms with Gasteiger partial charge in [-0.05, 0) is 18.6 Å². The van der Waals surface area contributed by atoms with Crippen molar-refractivity contribution in [1.29, 1.82) is 5.26 Å². The Morgan fingerprint density at radius 1 is 1.43 bits per heavy atom. The number of nitrogens with two attached hydrogens (primary N) is 1. The molecule has 1 aromatic carbocycles. The first kappa shape index (κ1) is 14.8. The summed E-state index contributed by atoms with van der Waals surface area (Å²) in [5.74, 6) is 0.220. The fraction of sp³-hybridized carbons (Fsp3) is 0.312. The third-order valence-electron chi connectivity index (χ3n) is 3.28. The van der Waals surface area contributed by atoms with E-state index in [1.54, 1.807) is 6.07 Å². The fourth-order valence-corrected chi connectivity index (χ4v) is 2.23. The molecule has 0 atom stereocenters. The molecule has 0 bridgehead atoms. The highest BCUT2D eigenvalue weighted by Crippen LogP contribution is 2.22. The number of anilines is 1. The van der Waals surface area contributed by atoms with Crippen molar-refractivity contribution in [3.05, 3.63) is 35.9 Å². The zero-order valence-electron chi connectivity index (χ0n) is 12.0. The molecule has 21 heavy (non-hydrogen) atoms. The van der Waals surface area contributed by atoms with E-state index in [-0.39, 0.29) is 6.54 Å². The van der Waals surface area contributed by atoms with Crippen LogP contribution in [0.15, 0.2) is 30.3 Å². The number of primary amides is 1. The molecule has 2 rings (SSSR count). The largest absolute Gasteiger partial charge is 0.368 e. The molecule has 1 heterocycles. The number of nitrogens with zero attached hydrogens (tertiary/aromatic N) is 3. The molecule has 0 unspecified atom stereocenters. The number of rotatable bonds is 6. The molecule has 2 aromatic rings. The summed E-state index contributed by atoms with van der Waals surface area (Å²) in [6.45, 7) is 2.88. The number of fused-ring (bicyclic) bond motifs is 1. The lowest BCUT2D eigenvalue weighted by atomic mass is 10.1. The molecule has 0 fully saturated rings. The summed E-state index contributed by atoms with van der Waals surface area (Å²) in [7, 11) is 0. The predicted molar refractivity (Wildman–Crippen MR) is 82.8 cm³/mol. The molecule has 0 radical (unpaired) electrons. The zero-order valence-corrected chi connectivity index (χ0v) is 12.0. The maximum Gasteiger partial charge on any atom is 0.236 e. The number of hydrogen-bond donors (Lipinski definition) is 1. The molecule has 0 saturated carbocycles. The number of aromatic nitrogens is 1. The first-order valence-electron chi connectivity index (χ1n) is 6.99. The third-order valence-corrected chi connectivity index (χ3v) is 3.28. The van der Waals surface area contributed by atoms with Gasteiger partial charge in [0, 0.05) is 11.9 Å². The zero-order chi connectivity index (χ0) is 15.2.